The first-order valence-electron chi connectivity index (χ1n) is 6.60. The number of ether oxygens (including phenoxy) is 1. The summed E-state index contributed by atoms with van der Waals surface area (Å²) in [5.74, 6) is 0.385. The summed E-state index contributed by atoms with van der Waals surface area (Å²) in [4.78, 5) is 19.9. The van der Waals surface area contributed by atoms with Crippen LogP contribution in [0.5, 0.6) is 11.8 Å². The minimum absolute atomic E-state index is 0.183. The van der Waals surface area contributed by atoms with Gasteiger partial charge in [-0.05, 0) is 45.0 Å². The molecule has 0 atom stereocenters. The molecule has 0 bridgehead atoms. The molecular weight excluding hydrogens is 266 g/mol. The Balaban J connectivity index is 2.15. The molecule has 0 spiro atoms. The number of nitrogens with one attached hydrogen (secondary N) is 1. The normalized spacial score (nSPS) is 10.6. The summed E-state index contributed by atoms with van der Waals surface area (Å²) in [6.45, 7) is 5.56. The molecule has 2 rings (SSSR count). The zero-order chi connectivity index (χ0) is 15.2. The van der Waals surface area contributed by atoms with Crippen LogP contribution in [0.4, 0.5) is 5.69 Å². The molecule has 21 heavy (non-hydrogen) atoms. The average molecular weight is 283 g/mol. The van der Waals surface area contributed by atoms with Crippen LogP contribution >= 0.6 is 0 Å². The molecule has 1 aromatic carbocycles. The molecule has 108 valence electrons. The third-order valence-electron chi connectivity index (χ3n) is 2.59. The van der Waals surface area contributed by atoms with Gasteiger partial charge < -0.3 is 10.1 Å². The van der Waals surface area contributed by atoms with E-state index in [1.807, 2.05) is 19.9 Å². The molecule has 1 heterocycles. The number of hydrogen-bond acceptors (Lipinski definition) is 4. The van der Waals surface area contributed by atoms with E-state index in [4.69, 9.17) is 4.74 Å². The van der Waals surface area contributed by atoms with E-state index in [9.17, 15) is 4.79 Å². The number of carbonyl (C=O) groups excluding carboxylic acids is 1. The van der Waals surface area contributed by atoms with Gasteiger partial charge in [0, 0.05) is 23.1 Å². The number of amides is 1. The van der Waals surface area contributed by atoms with Crippen molar-refractivity contribution in [2.24, 2.45) is 0 Å². The highest BCUT2D eigenvalue weighted by molar-refractivity contribution is 5.99. The molecule has 2 aromatic rings. The zero-order valence-electron chi connectivity index (χ0n) is 12.3. The van der Waals surface area contributed by atoms with E-state index in [0.29, 0.717) is 17.4 Å². The minimum Gasteiger partial charge on any atom is -0.424 e. The Bertz CT molecular complexity index is 661. The van der Waals surface area contributed by atoms with Gasteiger partial charge in [0.15, 0.2) is 0 Å². The van der Waals surface area contributed by atoms with Crippen molar-refractivity contribution in [2.75, 3.05) is 5.32 Å². The number of benzene rings is 1. The smallest absolute Gasteiger partial charge is 0.322 e. The summed E-state index contributed by atoms with van der Waals surface area (Å²) in [6.07, 6.45) is 3.14. The molecule has 0 saturated carbocycles. The lowest BCUT2D eigenvalue weighted by Gasteiger charge is -2.07. The highest BCUT2D eigenvalue weighted by Gasteiger charge is 2.04. The Labute approximate surface area is 123 Å². The molecular formula is C16H17N3O2. The second kappa shape index (κ2) is 6.65. The van der Waals surface area contributed by atoms with Crippen LogP contribution in [0.25, 0.3) is 0 Å². The lowest BCUT2D eigenvalue weighted by molar-refractivity contribution is -0.111. The zero-order valence-corrected chi connectivity index (χ0v) is 12.3. The van der Waals surface area contributed by atoms with E-state index in [2.05, 4.69) is 15.3 Å². The van der Waals surface area contributed by atoms with Crippen LogP contribution in [-0.2, 0) is 4.79 Å². The Kier molecular flexibility index (Phi) is 4.66. The molecule has 5 nitrogen and oxygen atoms in total. The van der Waals surface area contributed by atoms with Crippen molar-refractivity contribution in [3.63, 3.8) is 0 Å². The molecule has 0 saturated heterocycles. The molecule has 1 N–H and O–H groups in total. The average Bonchev–Trinajstić information content (AvgIpc) is 2.37. The number of aryl methyl sites for hydroxylation is 2. The Morgan fingerprint density at radius 3 is 2.57 bits per heavy atom. The van der Waals surface area contributed by atoms with E-state index in [1.54, 1.807) is 37.3 Å². The second-order valence-corrected chi connectivity index (χ2v) is 4.55. The van der Waals surface area contributed by atoms with Gasteiger partial charge in [0.2, 0.25) is 5.91 Å². The van der Waals surface area contributed by atoms with Gasteiger partial charge in [-0.15, -0.1) is 0 Å². The second-order valence-electron chi connectivity index (χ2n) is 4.55. The van der Waals surface area contributed by atoms with Gasteiger partial charge >= 0.3 is 6.01 Å². The highest BCUT2D eigenvalue weighted by atomic mass is 16.5. The fourth-order valence-corrected chi connectivity index (χ4v) is 1.82. The molecule has 0 fully saturated rings. The van der Waals surface area contributed by atoms with E-state index >= 15 is 0 Å². The number of aromatic nitrogens is 2. The summed E-state index contributed by atoms with van der Waals surface area (Å²) >= 11 is 0. The monoisotopic (exact) mass is 283 g/mol. The number of rotatable bonds is 4. The largest absolute Gasteiger partial charge is 0.424 e. The first kappa shape index (κ1) is 14.7. The summed E-state index contributed by atoms with van der Waals surface area (Å²) in [5, 5.41) is 2.75. The molecule has 1 amide bonds. The van der Waals surface area contributed by atoms with Crippen LogP contribution < -0.4 is 10.1 Å². The number of carbonyl (C=O) groups is 1. The summed E-state index contributed by atoms with van der Waals surface area (Å²) in [6, 6.07) is 9.26. The van der Waals surface area contributed by atoms with E-state index < -0.39 is 0 Å². The van der Waals surface area contributed by atoms with Crippen LogP contribution in [0.2, 0.25) is 0 Å². The van der Waals surface area contributed by atoms with Gasteiger partial charge in [0.1, 0.15) is 5.75 Å². The van der Waals surface area contributed by atoms with E-state index in [-0.39, 0.29) is 5.91 Å². The predicted octanol–water partition coefficient (Wildman–Crippen LogP) is 3.40. The van der Waals surface area contributed by atoms with Crippen molar-refractivity contribution < 1.29 is 9.53 Å². The first-order chi connectivity index (χ1) is 10.1. The van der Waals surface area contributed by atoms with Gasteiger partial charge in [-0.2, -0.15) is 0 Å². The van der Waals surface area contributed by atoms with Crippen molar-refractivity contribution in [1.29, 1.82) is 0 Å². The molecule has 0 aliphatic heterocycles. The van der Waals surface area contributed by atoms with Crippen molar-refractivity contribution in [3.05, 3.63) is 53.9 Å². The summed E-state index contributed by atoms with van der Waals surface area (Å²) in [5.41, 5.74) is 2.34. The van der Waals surface area contributed by atoms with E-state index in [1.165, 1.54) is 6.08 Å². The van der Waals surface area contributed by atoms with Gasteiger partial charge in [-0.25, -0.2) is 9.97 Å². The number of hydrogen-bond donors (Lipinski definition) is 1. The predicted molar refractivity (Wildman–Crippen MR) is 81.5 cm³/mol. The van der Waals surface area contributed by atoms with Crippen LogP contribution in [0, 0.1) is 13.8 Å². The van der Waals surface area contributed by atoms with Crippen LogP contribution in [0.1, 0.15) is 18.3 Å². The van der Waals surface area contributed by atoms with Crippen molar-refractivity contribution in [3.8, 4) is 11.8 Å². The van der Waals surface area contributed by atoms with Crippen molar-refractivity contribution >= 4 is 11.6 Å². The Morgan fingerprint density at radius 1 is 1.19 bits per heavy atom. The molecule has 0 radical (unpaired) electrons. The quantitative estimate of drug-likeness (QED) is 0.873. The summed E-state index contributed by atoms with van der Waals surface area (Å²) in [7, 11) is 0. The number of nitrogens with zero attached hydrogens (tertiary/aromatic N) is 2. The number of anilines is 1. The highest BCUT2D eigenvalue weighted by Crippen LogP contribution is 2.22. The Hall–Kier alpha value is -2.69. The van der Waals surface area contributed by atoms with Gasteiger partial charge in [0.25, 0.3) is 0 Å². The maximum absolute atomic E-state index is 11.5. The standard InChI is InChI=1S/C16H17N3O2/c1-4-6-15(20)19-13-7-5-8-14(10-13)21-16-17-11(2)9-12(3)18-16/h4-10H,1-3H3,(H,19,20)/b6-4+. The molecule has 0 aliphatic rings. The summed E-state index contributed by atoms with van der Waals surface area (Å²) < 4.78 is 5.63. The van der Waals surface area contributed by atoms with Gasteiger partial charge in [0.05, 0.1) is 0 Å². The maximum atomic E-state index is 11.5. The third-order valence-corrected chi connectivity index (χ3v) is 2.59. The minimum atomic E-state index is -0.183. The maximum Gasteiger partial charge on any atom is 0.322 e. The van der Waals surface area contributed by atoms with Crippen molar-refractivity contribution in [1.82, 2.24) is 9.97 Å². The molecule has 0 unspecified atom stereocenters. The molecule has 1 aromatic heterocycles. The molecule has 5 heteroatoms. The lowest BCUT2D eigenvalue weighted by atomic mass is 10.3. The van der Waals surface area contributed by atoms with Crippen LogP contribution in [0.3, 0.4) is 0 Å². The SMILES string of the molecule is C/C=C/C(=O)Nc1cccc(Oc2nc(C)cc(C)n2)c1. The third kappa shape index (κ3) is 4.42. The first-order valence-corrected chi connectivity index (χ1v) is 6.60. The van der Waals surface area contributed by atoms with Crippen molar-refractivity contribution in [2.45, 2.75) is 20.8 Å². The van der Waals surface area contributed by atoms with Gasteiger partial charge in [-0.3, -0.25) is 4.79 Å². The van der Waals surface area contributed by atoms with Gasteiger partial charge in [-0.1, -0.05) is 12.1 Å². The Morgan fingerprint density at radius 2 is 1.90 bits per heavy atom. The lowest BCUT2D eigenvalue weighted by Crippen LogP contribution is -2.07. The van der Waals surface area contributed by atoms with Crippen LogP contribution in [0.15, 0.2) is 42.5 Å². The molecule has 0 aliphatic carbocycles. The fourth-order valence-electron chi connectivity index (χ4n) is 1.82. The van der Waals surface area contributed by atoms with Crippen LogP contribution in [-0.4, -0.2) is 15.9 Å². The van der Waals surface area contributed by atoms with E-state index in [0.717, 1.165) is 11.4 Å². The fraction of sp³-hybridized carbons (Fsp3) is 0.188. The topological polar surface area (TPSA) is 64.1 Å². The number of allylic oxidation sites excluding steroid dienone is 1.